The van der Waals surface area contributed by atoms with Gasteiger partial charge in [0.15, 0.2) is 0 Å². The number of aliphatic hydroxyl groups excluding tert-OH is 1. The molecule has 0 aromatic heterocycles. The average molecular weight is 243 g/mol. The normalized spacial score (nSPS) is 20.1. The molecule has 0 bridgehead atoms. The van der Waals surface area contributed by atoms with E-state index >= 15 is 0 Å². The Bertz CT molecular complexity index is 441. The maximum atomic E-state index is 10.7. The minimum absolute atomic E-state index is 0.566. The predicted octanol–water partition coefficient (Wildman–Crippen LogP) is 3.76. The second-order valence-corrected chi connectivity index (χ2v) is 5.28. The van der Waals surface area contributed by atoms with Crippen LogP contribution in [-0.4, -0.2) is 5.11 Å². The van der Waals surface area contributed by atoms with Crippen LogP contribution in [0.3, 0.4) is 0 Å². The summed E-state index contributed by atoms with van der Waals surface area (Å²) in [5, 5.41) is 20.2. The summed E-state index contributed by atoms with van der Waals surface area (Å²) >= 11 is 0. The topological polar surface area (TPSA) is 44.0 Å². The van der Waals surface area contributed by atoms with Crippen molar-refractivity contribution in [1.29, 1.82) is 5.26 Å². The highest BCUT2D eigenvalue weighted by Gasteiger charge is 2.40. The van der Waals surface area contributed by atoms with Crippen molar-refractivity contribution < 1.29 is 5.11 Å². The molecule has 0 amide bonds. The molecular formula is C16H21NO. The van der Waals surface area contributed by atoms with E-state index in [1.807, 2.05) is 24.3 Å². The molecule has 0 heterocycles. The van der Waals surface area contributed by atoms with Crippen LogP contribution in [0.4, 0.5) is 0 Å². The molecule has 96 valence electrons. The molecule has 2 nitrogen and oxygen atoms in total. The Morgan fingerprint density at radius 2 is 1.94 bits per heavy atom. The molecule has 0 spiro atoms. The molecule has 1 saturated carbocycles. The van der Waals surface area contributed by atoms with Crippen LogP contribution in [0.5, 0.6) is 0 Å². The summed E-state index contributed by atoms with van der Waals surface area (Å²) in [6, 6.07) is 10.4. The molecule has 1 aromatic carbocycles. The first-order valence-corrected chi connectivity index (χ1v) is 6.90. The van der Waals surface area contributed by atoms with E-state index in [2.05, 4.69) is 13.0 Å². The first-order chi connectivity index (χ1) is 8.73. The minimum atomic E-state index is -0.640. The first kappa shape index (κ1) is 13.1. The van der Waals surface area contributed by atoms with E-state index in [0.29, 0.717) is 0 Å². The van der Waals surface area contributed by atoms with Gasteiger partial charge in [0.2, 0.25) is 0 Å². The number of hydrogen-bond donors (Lipinski definition) is 1. The second kappa shape index (κ2) is 5.54. The summed E-state index contributed by atoms with van der Waals surface area (Å²) in [6.07, 6.45) is 5.20. The lowest BCUT2D eigenvalue weighted by Gasteiger charge is -2.36. The fourth-order valence-corrected chi connectivity index (χ4v) is 3.05. The number of nitrogens with zero attached hydrogens (tertiary/aromatic N) is 1. The third-order valence-corrected chi connectivity index (χ3v) is 4.22. The van der Waals surface area contributed by atoms with Gasteiger partial charge in [-0.25, -0.2) is 0 Å². The van der Waals surface area contributed by atoms with Crippen LogP contribution in [0.15, 0.2) is 24.3 Å². The minimum Gasteiger partial charge on any atom is -0.387 e. The van der Waals surface area contributed by atoms with Crippen molar-refractivity contribution in [3.05, 3.63) is 35.4 Å². The Morgan fingerprint density at radius 3 is 2.56 bits per heavy atom. The Hall–Kier alpha value is -1.33. The highest BCUT2D eigenvalue weighted by atomic mass is 16.3. The zero-order valence-corrected chi connectivity index (χ0v) is 11.0. The van der Waals surface area contributed by atoms with Gasteiger partial charge in [0, 0.05) is 0 Å². The van der Waals surface area contributed by atoms with Gasteiger partial charge in [-0.05, 0) is 30.4 Å². The summed E-state index contributed by atoms with van der Waals surface area (Å²) in [6.45, 7) is 2.09. The number of hydrogen-bond acceptors (Lipinski definition) is 2. The molecule has 1 aliphatic rings. The lowest BCUT2D eigenvalue weighted by atomic mass is 9.69. The highest BCUT2D eigenvalue weighted by molar-refractivity contribution is 5.32. The molecule has 18 heavy (non-hydrogen) atoms. The lowest BCUT2D eigenvalue weighted by Crippen LogP contribution is -2.30. The van der Waals surface area contributed by atoms with E-state index in [1.54, 1.807) is 0 Å². The molecule has 2 rings (SSSR count). The van der Waals surface area contributed by atoms with E-state index in [9.17, 15) is 10.4 Å². The molecule has 1 aromatic rings. The van der Waals surface area contributed by atoms with Crippen molar-refractivity contribution in [2.24, 2.45) is 5.41 Å². The average Bonchev–Trinajstić information content (AvgIpc) is 2.47. The summed E-state index contributed by atoms with van der Waals surface area (Å²) in [5.41, 5.74) is 1.54. The van der Waals surface area contributed by atoms with Crippen molar-refractivity contribution in [2.75, 3.05) is 0 Å². The quantitative estimate of drug-likeness (QED) is 0.878. The number of aryl methyl sites for hydroxylation is 1. The predicted molar refractivity (Wildman–Crippen MR) is 71.9 cm³/mol. The number of nitriles is 1. The highest BCUT2D eigenvalue weighted by Crippen LogP contribution is 2.46. The van der Waals surface area contributed by atoms with E-state index in [-0.39, 0.29) is 0 Å². The van der Waals surface area contributed by atoms with E-state index in [4.69, 9.17) is 0 Å². The third-order valence-electron chi connectivity index (χ3n) is 4.22. The zero-order chi connectivity index (χ0) is 13.0. The van der Waals surface area contributed by atoms with E-state index < -0.39 is 11.5 Å². The summed E-state index contributed by atoms with van der Waals surface area (Å²) in [7, 11) is 0. The maximum absolute atomic E-state index is 10.7. The maximum Gasteiger partial charge on any atom is 0.0978 e. The van der Waals surface area contributed by atoms with Crippen molar-refractivity contribution >= 4 is 0 Å². The van der Waals surface area contributed by atoms with Crippen LogP contribution in [0.1, 0.15) is 56.3 Å². The van der Waals surface area contributed by atoms with Gasteiger partial charge in [-0.3, -0.25) is 0 Å². The molecule has 0 radical (unpaired) electrons. The summed E-state index contributed by atoms with van der Waals surface area (Å²) in [5.74, 6) is 0. The SMILES string of the molecule is CCc1ccccc1C(O)C1(C#N)CCCCC1. The van der Waals surface area contributed by atoms with Gasteiger partial charge in [0.25, 0.3) is 0 Å². The van der Waals surface area contributed by atoms with Gasteiger partial charge in [-0.1, -0.05) is 50.5 Å². The van der Waals surface area contributed by atoms with Gasteiger partial charge in [0.1, 0.15) is 0 Å². The van der Waals surface area contributed by atoms with Crippen molar-refractivity contribution in [1.82, 2.24) is 0 Å². The molecule has 1 atom stereocenters. The second-order valence-electron chi connectivity index (χ2n) is 5.28. The summed E-state index contributed by atoms with van der Waals surface area (Å²) < 4.78 is 0. The van der Waals surface area contributed by atoms with Crippen LogP contribution < -0.4 is 0 Å². The van der Waals surface area contributed by atoms with E-state index in [0.717, 1.165) is 43.2 Å². The van der Waals surface area contributed by atoms with Gasteiger partial charge in [-0.2, -0.15) is 5.26 Å². The molecular weight excluding hydrogens is 222 g/mol. The van der Waals surface area contributed by atoms with Gasteiger partial charge in [-0.15, -0.1) is 0 Å². The van der Waals surface area contributed by atoms with Gasteiger partial charge >= 0.3 is 0 Å². The van der Waals surface area contributed by atoms with Crippen LogP contribution in [0.25, 0.3) is 0 Å². The number of rotatable bonds is 3. The molecule has 1 N–H and O–H groups in total. The Morgan fingerprint density at radius 1 is 1.28 bits per heavy atom. The Labute approximate surface area is 109 Å². The Kier molecular flexibility index (Phi) is 4.04. The Balaban J connectivity index is 2.34. The third kappa shape index (κ3) is 2.28. The van der Waals surface area contributed by atoms with Crippen molar-refractivity contribution in [2.45, 2.75) is 51.6 Å². The molecule has 1 fully saturated rings. The van der Waals surface area contributed by atoms with E-state index in [1.165, 1.54) is 6.42 Å². The van der Waals surface area contributed by atoms with Crippen LogP contribution in [0.2, 0.25) is 0 Å². The van der Waals surface area contributed by atoms with Crippen LogP contribution in [0, 0.1) is 16.7 Å². The summed E-state index contributed by atoms with van der Waals surface area (Å²) in [4.78, 5) is 0. The van der Waals surface area contributed by atoms with Crippen LogP contribution >= 0.6 is 0 Å². The number of aliphatic hydroxyl groups is 1. The monoisotopic (exact) mass is 243 g/mol. The standard InChI is InChI=1S/C16H21NO/c1-2-13-8-4-5-9-14(13)15(18)16(12-17)10-6-3-7-11-16/h4-5,8-9,15,18H,2-3,6-7,10-11H2,1H3. The fraction of sp³-hybridized carbons (Fsp3) is 0.562. The number of benzene rings is 1. The molecule has 0 aliphatic heterocycles. The van der Waals surface area contributed by atoms with Crippen LogP contribution in [-0.2, 0) is 6.42 Å². The van der Waals surface area contributed by atoms with Crippen molar-refractivity contribution in [3.8, 4) is 6.07 Å². The molecule has 2 heteroatoms. The molecule has 1 aliphatic carbocycles. The molecule has 1 unspecified atom stereocenters. The largest absolute Gasteiger partial charge is 0.387 e. The fourth-order valence-electron chi connectivity index (χ4n) is 3.05. The first-order valence-electron chi connectivity index (χ1n) is 6.90. The molecule has 0 saturated heterocycles. The van der Waals surface area contributed by atoms with Crippen molar-refractivity contribution in [3.63, 3.8) is 0 Å². The van der Waals surface area contributed by atoms with Gasteiger partial charge < -0.3 is 5.11 Å². The van der Waals surface area contributed by atoms with Gasteiger partial charge in [0.05, 0.1) is 17.6 Å². The smallest absolute Gasteiger partial charge is 0.0978 e. The zero-order valence-electron chi connectivity index (χ0n) is 11.0. The lowest BCUT2D eigenvalue weighted by molar-refractivity contribution is 0.0354.